The fourth-order valence-corrected chi connectivity index (χ4v) is 8.81. The SMILES string of the molecule is Cc1cn([C@@H]2OC(CO[Si](C)(C)C(C)(C)C)C3(OS(=O)(=O)C=C3N)[C@H]2O[Si](C)(C)C(C)(C)C)c(=O)n(CCCOP(=O)(O)C(=O)O)c1=O. The first-order chi connectivity index (χ1) is 21.5. The van der Waals surface area contributed by atoms with E-state index in [4.69, 9.17) is 28.6 Å². The average molecular weight is 756 g/mol. The Balaban J connectivity index is 2.20. The fourth-order valence-electron chi connectivity index (χ4n) is 4.82. The third-order valence-corrected chi connectivity index (χ3v) is 20.8. The van der Waals surface area contributed by atoms with Crippen LogP contribution in [0.3, 0.4) is 0 Å². The molecule has 0 aliphatic carbocycles. The van der Waals surface area contributed by atoms with Crippen molar-refractivity contribution in [2.45, 2.75) is 122 Å². The van der Waals surface area contributed by atoms with Crippen LogP contribution in [-0.4, -0.2) is 80.9 Å². The Morgan fingerprint density at radius 2 is 1.67 bits per heavy atom. The number of aromatic nitrogens is 2. The lowest BCUT2D eigenvalue weighted by molar-refractivity contribution is -0.0567. The summed E-state index contributed by atoms with van der Waals surface area (Å²) in [5.74, 6) is 0. The van der Waals surface area contributed by atoms with Crippen molar-refractivity contribution in [2.75, 3.05) is 13.2 Å². The van der Waals surface area contributed by atoms with Crippen molar-refractivity contribution in [1.82, 2.24) is 9.13 Å². The molecule has 1 spiro atoms. The molecular formula is C28H50N3O13PSSi2. The van der Waals surface area contributed by atoms with Crippen LogP contribution in [0, 0.1) is 6.92 Å². The van der Waals surface area contributed by atoms with E-state index in [1.54, 1.807) is 0 Å². The molecule has 0 saturated carbocycles. The normalized spacial score (nSPS) is 26.1. The summed E-state index contributed by atoms with van der Waals surface area (Å²) in [6, 6.07) is 0. The predicted octanol–water partition coefficient (Wildman–Crippen LogP) is 3.80. The summed E-state index contributed by atoms with van der Waals surface area (Å²) >= 11 is 0. The number of nitrogens with two attached hydrogens (primary N) is 1. The van der Waals surface area contributed by atoms with E-state index in [2.05, 4.69) is 4.52 Å². The molecule has 20 heteroatoms. The average Bonchev–Trinajstić information content (AvgIpc) is 3.33. The first kappa shape index (κ1) is 40.5. The van der Waals surface area contributed by atoms with Gasteiger partial charge in [0.15, 0.2) is 28.5 Å². The molecule has 274 valence electrons. The molecule has 3 unspecified atom stereocenters. The van der Waals surface area contributed by atoms with Gasteiger partial charge in [0.25, 0.3) is 15.7 Å². The van der Waals surface area contributed by atoms with E-state index in [-0.39, 0.29) is 35.9 Å². The van der Waals surface area contributed by atoms with Crippen LogP contribution in [-0.2, 0) is 43.5 Å². The largest absolute Gasteiger partial charge is 0.472 e. The second kappa shape index (κ2) is 13.3. The Morgan fingerprint density at radius 1 is 1.10 bits per heavy atom. The molecule has 0 aromatic carbocycles. The highest BCUT2D eigenvalue weighted by molar-refractivity contribution is 7.90. The van der Waals surface area contributed by atoms with Gasteiger partial charge in [0.1, 0.15) is 12.2 Å². The minimum absolute atomic E-state index is 0.113. The number of aryl methyl sites for hydroxylation is 1. The highest BCUT2D eigenvalue weighted by atomic mass is 32.2. The first-order valence-electron chi connectivity index (χ1n) is 15.4. The zero-order valence-electron chi connectivity index (χ0n) is 29.4. The van der Waals surface area contributed by atoms with Crippen molar-refractivity contribution in [1.29, 1.82) is 0 Å². The van der Waals surface area contributed by atoms with Crippen molar-refractivity contribution < 1.29 is 50.1 Å². The number of carboxylic acid groups (broad SMARTS) is 1. The molecule has 3 heterocycles. The second-order valence-electron chi connectivity index (χ2n) is 15.3. The summed E-state index contributed by atoms with van der Waals surface area (Å²) in [5, 5.41) is 9.03. The summed E-state index contributed by atoms with van der Waals surface area (Å²) in [6.45, 7) is 20.4. The van der Waals surface area contributed by atoms with Gasteiger partial charge in [0, 0.05) is 18.3 Å². The lowest BCUT2D eigenvalue weighted by Crippen LogP contribution is -2.59. The van der Waals surface area contributed by atoms with Crippen molar-refractivity contribution in [3.8, 4) is 0 Å². The van der Waals surface area contributed by atoms with Gasteiger partial charge >= 0.3 is 19.0 Å². The Kier molecular flexibility index (Phi) is 11.2. The van der Waals surface area contributed by atoms with Crippen LogP contribution < -0.4 is 17.0 Å². The van der Waals surface area contributed by atoms with E-state index in [0.29, 0.717) is 0 Å². The zero-order chi connectivity index (χ0) is 37.1. The lowest BCUT2D eigenvalue weighted by Gasteiger charge is -2.43. The summed E-state index contributed by atoms with van der Waals surface area (Å²) in [5.41, 5.74) is 0.942. The number of nitrogens with zero attached hydrogens (tertiary/aromatic N) is 2. The van der Waals surface area contributed by atoms with E-state index in [9.17, 15) is 32.3 Å². The quantitative estimate of drug-likeness (QED) is 0.119. The zero-order valence-corrected chi connectivity index (χ0v) is 33.1. The van der Waals surface area contributed by atoms with Crippen molar-refractivity contribution >= 4 is 40.1 Å². The van der Waals surface area contributed by atoms with Crippen molar-refractivity contribution in [3.05, 3.63) is 43.7 Å². The third-order valence-electron chi connectivity index (χ3n) is 9.74. The van der Waals surface area contributed by atoms with E-state index in [0.717, 1.165) is 14.5 Å². The van der Waals surface area contributed by atoms with E-state index < -0.39 is 87.0 Å². The van der Waals surface area contributed by atoms with Crippen LogP contribution >= 0.6 is 7.60 Å². The molecule has 48 heavy (non-hydrogen) atoms. The number of rotatable bonds is 12. The number of carbonyl (C=O) groups is 1. The highest BCUT2D eigenvalue weighted by Crippen LogP contribution is 2.52. The minimum atomic E-state index is -4.93. The van der Waals surface area contributed by atoms with E-state index in [1.807, 2.05) is 67.7 Å². The molecule has 5 atom stereocenters. The molecule has 2 aliphatic rings. The molecule has 1 aromatic heterocycles. The molecule has 2 aliphatic heterocycles. The molecule has 16 nitrogen and oxygen atoms in total. The fraction of sp³-hybridized carbons (Fsp3) is 0.750. The molecule has 0 bridgehead atoms. The van der Waals surface area contributed by atoms with E-state index in [1.165, 1.54) is 13.1 Å². The molecule has 3 rings (SSSR count). The Hall–Kier alpha value is -1.94. The lowest BCUT2D eigenvalue weighted by atomic mass is 9.89. The maximum absolute atomic E-state index is 14.0. The summed E-state index contributed by atoms with van der Waals surface area (Å²) in [7, 11) is -14.5. The van der Waals surface area contributed by atoms with Gasteiger partial charge in [0.2, 0.25) is 0 Å². The molecule has 0 radical (unpaired) electrons. The Bertz CT molecular complexity index is 1730. The second-order valence-corrected chi connectivity index (χ2v) is 27.9. The number of hydrogen-bond donors (Lipinski definition) is 3. The van der Waals surface area contributed by atoms with Crippen LogP contribution in [0.4, 0.5) is 4.79 Å². The van der Waals surface area contributed by atoms with Crippen LogP contribution in [0.1, 0.15) is 59.8 Å². The standard InChI is InChI=1S/C28H50N3O13PSSi2/c1-18-15-31(24(33)30(22(18)32)13-12-14-40-45(36,37)25(34)35)23-21(43-48(10,11)27(5,6)7)28(19(29)17-46(38,39)44-28)20(42-23)16-41-47(8,9)26(2,3)4/h15,17,20-21,23H,12-14,16,29H2,1-11H3,(H,34,35)(H,36,37)/t20?,21-,23+,28?/m0/s1. The monoisotopic (exact) mass is 755 g/mol. The molecule has 1 aromatic rings. The van der Waals surface area contributed by atoms with Gasteiger partial charge in [-0.15, -0.1) is 0 Å². The minimum Gasteiger partial charge on any atom is -0.472 e. The van der Waals surface area contributed by atoms with Crippen LogP contribution in [0.2, 0.25) is 36.3 Å². The van der Waals surface area contributed by atoms with Gasteiger partial charge < -0.3 is 33.8 Å². The van der Waals surface area contributed by atoms with Gasteiger partial charge in [0.05, 0.1) is 24.3 Å². The van der Waals surface area contributed by atoms with Gasteiger partial charge in [-0.05, 0) is 49.6 Å². The summed E-state index contributed by atoms with van der Waals surface area (Å²) in [6.07, 6.45) is -2.72. The molecule has 1 saturated heterocycles. The Morgan fingerprint density at radius 3 is 2.15 bits per heavy atom. The van der Waals surface area contributed by atoms with Crippen LogP contribution in [0.5, 0.6) is 0 Å². The molecule has 1 fully saturated rings. The number of ether oxygens (including phenoxy) is 1. The van der Waals surface area contributed by atoms with Crippen molar-refractivity contribution in [3.63, 3.8) is 0 Å². The summed E-state index contributed by atoms with van der Waals surface area (Å²) < 4.78 is 70.0. The van der Waals surface area contributed by atoms with Crippen LogP contribution in [0.25, 0.3) is 0 Å². The van der Waals surface area contributed by atoms with Gasteiger partial charge in [-0.2, -0.15) is 8.42 Å². The predicted molar refractivity (Wildman–Crippen MR) is 182 cm³/mol. The maximum Gasteiger partial charge on any atom is 0.435 e. The summed E-state index contributed by atoms with van der Waals surface area (Å²) in [4.78, 5) is 47.5. The van der Waals surface area contributed by atoms with Gasteiger partial charge in [-0.25, -0.2) is 18.3 Å². The van der Waals surface area contributed by atoms with E-state index >= 15 is 0 Å². The highest BCUT2D eigenvalue weighted by Gasteiger charge is 2.67. The first-order valence-corrected chi connectivity index (χ1v) is 24.3. The topological polar surface area (TPSA) is 225 Å². The smallest absolute Gasteiger partial charge is 0.435 e. The maximum atomic E-state index is 14.0. The molecule has 0 amide bonds. The number of hydrogen-bond acceptors (Lipinski definition) is 12. The molecular weight excluding hydrogens is 706 g/mol. The molecule has 4 N–H and O–H groups in total. The Labute approximate surface area is 283 Å². The third kappa shape index (κ3) is 7.84. The van der Waals surface area contributed by atoms with Crippen molar-refractivity contribution in [2.24, 2.45) is 5.73 Å². The van der Waals surface area contributed by atoms with Crippen LogP contribution in [0.15, 0.2) is 26.9 Å². The van der Waals surface area contributed by atoms with Gasteiger partial charge in [-0.3, -0.25) is 13.9 Å². The van der Waals surface area contributed by atoms with Gasteiger partial charge in [-0.1, -0.05) is 41.5 Å².